The van der Waals surface area contributed by atoms with Crippen LogP contribution in [0.15, 0.2) is 48.7 Å². The van der Waals surface area contributed by atoms with Crippen LogP contribution in [0.4, 0.5) is 5.69 Å². The molecule has 2 fully saturated rings. The number of ether oxygens (including phenoxy) is 1. The molecule has 5 heteroatoms. The van der Waals surface area contributed by atoms with Gasteiger partial charge in [-0.2, -0.15) is 0 Å². The van der Waals surface area contributed by atoms with Gasteiger partial charge in [-0.15, -0.1) is 0 Å². The normalized spacial score (nSPS) is 22.1. The third-order valence-electron chi connectivity index (χ3n) is 5.78. The van der Waals surface area contributed by atoms with Crippen LogP contribution in [0, 0.1) is 0 Å². The monoisotopic (exact) mass is 385 g/mol. The number of hydrogen-bond donors (Lipinski definition) is 0. The molecule has 0 N–H and O–H groups in total. The quantitative estimate of drug-likeness (QED) is 0.763. The van der Waals surface area contributed by atoms with Gasteiger partial charge in [0.05, 0.1) is 18.4 Å². The Balaban J connectivity index is 1.26. The molecule has 0 radical (unpaired) electrons. The van der Waals surface area contributed by atoms with Crippen LogP contribution in [0.2, 0.25) is 5.02 Å². The summed E-state index contributed by atoms with van der Waals surface area (Å²) in [6.07, 6.45) is 6.98. The standard InChI is InChI=1S/C22H28ClN3O/c23-18-6-8-20(9-7-18)25-14-10-21(11-15-25)26-13-3-5-22(16-26)27-17-19-4-1-2-12-24-19/h1-2,4,6-9,12,21-22H,3,5,10-11,13-17H2. The van der Waals surface area contributed by atoms with E-state index in [1.807, 2.05) is 36.5 Å². The van der Waals surface area contributed by atoms with Gasteiger partial charge in [0.25, 0.3) is 0 Å². The highest BCUT2D eigenvalue weighted by Gasteiger charge is 2.29. The van der Waals surface area contributed by atoms with Crippen LogP contribution >= 0.6 is 11.6 Å². The number of halogens is 1. The Morgan fingerprint density at radius 3 is 2.56 bits per heavy atom. The average molecular weight is 386 g/mol. The molecule has 1 atom stereocenters. The number of pyridine rings is 1. The Hall–Kier alpha value is -1.62. The van der Waals surface area contributed by atoms with E-state index in [9.17, 15) is 0 Å². The lowest BCUT2D eigenvalue weighted by molar-refractivity contribution is -0.0251. The van der Waals surface area contributed by atoms with Gasteiger partial charge in [-0.05, 0) is 68.6 Å². The molecule has 27 heavy (non-hydrogen) atoms. The van der Waals surface area contributed by atoms with Crippen molar-refractivity contribution in [3.63, 3.8) is 0 Å². The lowest BCUT2D eigenvalue weighted by atomic mass is 9.98. The minimum absolute atomic E-state index is 0.329. The van der Waals surface area contributed by atoms with Crippen LogP contribution < -0.4 is 4.90 Å². The number of benzene rings is 1. The van der Waals surface area contributed by atoms with Gasteiger partial charge in [-0.25, -0.2) is 0 Å². The Bertz CT molecular complexity index is 701. The first-order chi connectivity index (χ1) is 13.3. The summed E-state index contributed by atoms with van der Waals surface area (Å²) in [5.74, 6) is 0. The average Bonchev–Trinajstić information content (AvgIpc) is 2.74. The number of aromatic nitrogens is 1. The molecule has 0 saturated carbocycles. The van der Waals surface area contributed by atoms with Crippen molar-refractivity contribution in [2.75, 3.05) is 31.1 Å². The summed E-state index contributed by atoms with van der Waals surface area (Å²) in [6.45, 7) is 5.10. The van der Waals surface area contributed by atoms with Crippen molar-refractivity contribution >= 4 is 17.3 Å². The van der Waals surface area contributed by atoms with E-state index in [1.54, 1.807) is 0 Å². The summed E-state index contributed by atoms with van der Waals surface area (Å²) in [6, 6.07) is 14.9. The van der Waals surface area contributed by atoms with E-state index in [0.717, 1.165) is 36.8 Å². The Morgan fingerprint density at radius 1 is 1.00 bits per heavy atom. The molecule has 144 valence electrons. The molecular weight excluding hydrogens is 358 g/mol. The Morgan fingerprint density at radius 2 is 1.81 bits per heavy atom. The highest BCUT2D eigenvalue weighted by molar-refractivity contribution is 6.30. The van der Waals surface area contributed by atoms with Crippen molar-refractivity contribution < 1.29 is 4.74 Å². The number of nitrogens with zero attached hydrogens (tertiary/aromatic N) is 3. The molecule has 4 rings (SSSR count). The van der Waals surface area contributed by atoms with Gasteiger partial charge in [0.2, 0.25) is 0 Å². The molecule has 4 nitrogen and oxygen atoms in total. The van der Waals surface area contributed by atoms with Crippen molar-refractivity contribution in [3.8, 4) is 0 Å². The van der Waals surface area contributed by atoms with Crippen LogP contribution in [0.3, 0.4) is 0 Å². The van der Waals surface area contributed by atoms with E-state index in [0.29, 0.717) is 18.8 Å². The predicted molar refractivity (Wildman–Crippen MR) is 110 cm³/mol. The predicted octanol–water partition coefficient (Wildman–Crippen LogP) is 4.39. The van der Waals surface area contributed by atoms with E-state index in [4.69, 9.17) is 16.3 Å². The summed E-state index contributed by atoms with van der Waals surface area (Å²) >= 11 is 6.01. The fourth-order valence-electron chi connectivity index (χ4n) is 4.26. The van der Waals surface area contributed by atoms with Crippen LogP contribution in [-0.2, 0) is 11.3 Å². The summed E-state index contributed by atoms with van der Waals surface area (Å²) < 4.78 is 6.16. The van der Waals surface area contributed by atoms with Crippen molar-refractivity contribution in [1.29, 1.82) is 0 Å². The molecule has 3 heterocycles. The Labute approximate surface area is 167 Å². The summed E-state index contributed by atoms with van der Waals surface area (Å²) in [5, 5.41) is 0.804. The topological polar surface area (TPSA) is 28.6 Å². The van der Waals surface area contributed by atoms with Crippen molar-refractivity contribution in [3.05, 3.63) is 59.4 Å². The second-order valence-electron chi connectivity index (χ2n) is 7.59. The van der Waals surface area contributed by atoms with Crippen LogP contribution in [0.1, 0.15) is 31.4 Å². The van der Waals surface area contributed by atoms with E-state index in [1.165, 1.54) is 31.5 Å². The molecule has 0 amide bonds. The first-order valence-corrected chi connectivity index (χ1v) is 10.4. The molecule has 1 aromatic carbocycles. The summed E-state index contributed by atoms with van der Waals surface area (Å²) in [4.78, 5) is 9.50. The van der Waals surface area contributed by atoms with Crippen molar-refractivity contribution in [2.45, 2.75) is 44.4 Å². The zero-order valence-corrected chi connectivity index (χ0v) is 16.5. The van der Waals surface area contributed by atoms with E-state index < -0.39 is 0 Å². The molecular formula is C22H28ClN3O. The van der Waals surface area contributed by atoms with E-state index in [-0.39, 0.29) is 0 Å². The second-order valence-corrected chi connectivity index (χ2v) is 8.02. The molecule has 2 aliphatic rings. The summed E-state index contributed by atoms with van der Waals surface area (Å²) in [5.41, 5.74) is 2.30. The first kappa shape index (κ1) is 18.7. The molecule has 1 aromatic heterocycles. The number of piperidine rings is 2. The maximum Gasteiger partial charge on any atom is 0.0892 e. The number of hydrogen-bond acceptors (Lipinski definition) is 4. The van der Waals surface area contributed by atoms with Crippen LogP contribution in [0.25, 0.3) is 0 Å². The van der Waals surface area contributed by atoms with E-state index in [2.05, 4.69) is 26.9 Å². The van der Waals surface area contributed by atoms with Gasteiger partial charge < -0.3 is 9.64 Å². The molecule has 0 aliphatic carbocycles. The zero-order chi connectivity index (χ0) is 18.5. The minimum atomic E-state index is 0.329. The van der Waals surface area contributed by atoms with Gasteiger partial charge >= 0.3 is 0 Å². The highest BCUT2D eigenvalue weighted by atomic mass is 35.5. The molecule has 2 aromatic rings. The van der Waals surface area contributed by atoms with Gasteiger partial charge in [-0.3, -0.25) is 9.88 Å². The number of anilines is 1. The molecule has 0 spiro atoms. The zero-order valence-electron chi connectivity index (χ0n) is 15.8. The SMILES string of the molecule is Clc1ccc(N2CCC(N3CCCC(OCc4ccccn4)C3)CC2)cc1. The number of rotatable bonds is 5. The molecule has 0 bridgehead atoms. The van der Waals surface area contributed by atoms with Gasteiger partial charge in [0.15, 0.2) is 0 Å². The van der Waals surface area contributed by atoms with Crippen molar-refractivity contribution in [1.82, 2.24) is 9.88 Å². The lowest BCUT2D eigenvalue weighted by Crippen LogP contribution is -2.50. The minimum Gasteiger partial charge on any atom is -0.371 e. The largest absolute Gasteiger partial charge is 0.371 e. The molecule has 1 unspecified atom stereocenters. The van der Waals surface area contributed by atoms with Gasteiger partial charge in [0, 0.05) is 42.6 Å². The molecule has 2 aliphatic heterocycles. The highest BCUT2D eigenvalue weighted by Crippen LogP contribution is 2.26. The maximum atomic E-state index is 6.16. The van der Waals surface area contributed by atoms with Crippen LogP contribution in [-0.4, -0.2) is 48.2 Å². The maximum absolute atomic E-state index is 6.16. The number of likely N-dealkylation sites (tertiary alicyclic amines) is 1. The Kier molecular flexibility index (Phi) is 6.28. The smallest absolute Gasteiger partial charge is 0.0892 e. The summed E-state index contributed by atoms with van der Waals surface area (Å²) in [7, 11) is 0. The van der Waals surface area contributed by atoms with Gasteiger partial charge in [-0.1, -0.05) is 17.7 Å². The fourth-order valence-corrected chi connectivity index (χ4v) is 4.39. The van der Waals surface area contributed by atoms with Gasteiger partial charge in [0.1, 0.15) is 0 Å². The van der Waals surface area contributed by atoms with Crippen molar-refractivity contribution in [2.24, 2.45) is 0 Å². The third-order valence-corrected chi connectivity index (χ3v) is 6.03. The second kappa shape index (κ2) is 9.05. The lowest BCUT2D eigenvalue weighted by Gasteiger charge is -2.42. The first-order valence-electron chi connectivity index (χ1n) is 10.0. The fraction of sp³-hybridized carbons (Fsp3) is 0.500. The van der Waals surface area contributed by atoms with E-state index >= 15 is 0 Å². The molecule has 2 saturated heterocycles. The van der Waals surface area contributed by atoms with Crippen LogP contribution in [0.5, 0.6) is 0 Å². The third kappa shape index (κ3) is 5.01.